The predicted octanol–water partition coefficient (Wildman–Crippen LogP) is 1.92. The molecule has 1 aliphatic heterocycles. The lowest BCUT2D eigenvalue weighted by Gasteiger charge is -2.29. The fraction of sp³-hybridized carbons (Fsp3) is 0.524. The molecule has 2 aromatic heterocycles. The van der Waals surface area contributed by atoms with Crippen molar-refractivity contribution < 1.29 is 9.53 Å². The molecule has 1 aromatic carbocycles. The van der Waals surface area contributed by atoms with Crippen LogP contribution in [0.2, 0.25) is 0 Å². The van der Waals surface area contributed by atoms with Gasteiger partial charge in [0.1, 0.15) is 12.7 Å². The second-order valence-electron chi connectivity index (χ2n) is 8.13. The SMILES string of the molecule is Cn1c(N2CCOCC2)nc2cc(C(=O)NC3CCC(n4cncn4)CC3)ccc21. The van der Waals surface area contributed by atoms with Gasteiger partial charge in [0.25, 0.3) is 5.91 Å². The molecular weight excluding hydrogens is 382 g/mol. The number of aryl methyl sites for hydroxylation is 1. The van der Waals surface area contributed by atoms with Crippen molar-refractivity contribution in [1.29, 1.82) is 0 Å². The molecule has 5 rings (SSSR count). The quantitative estimate of drug-likeness (QED) is 0.708. The van der Waals surface area contributed by atoms with Crippen LogP contribution in [0.4, 0.5) is 5.95 Å². The van der Waals surface area contributed by atoms with Crippen molar-refractivity contribution in [3.63, 3.8) is 0 Å². The summed E-state index contributed by atoms with van der Waals surface area (Å²) in [5.41, 5.74) is 2.54. The maximum atomic E-state index is 12.9. The molecule has 1 saturated carbocycles. The van der Waals surface area contributed by atoms with Crippen LogP contribution in [0, 0.1) is 0 Å². The largest absolute Gasteiger partial charge is 0.378 e. The molecule has 1 saturated heterocycles. The van der Waals surface area contributed by atoms with Gasteiger partial charge in [-0.25, -0.2) is 14.6 Å². The molecule has 1 aliphatic carbocycles. The molecular formula is C21H27N7O2. The summed E-state index contributed by atoms with van der Waals surface area (Å²) >= 11 is 0. The summed E-state index contributed by atoms with van der Waals surface area (Å²) in [6.07, 6.45) is 7.24. The minimum Gasteiger partial charge on any atom is -0.378 e. The van der Waals surface area contributed by atoms with Gasteiger partial charge < -0.3 is 19.5 Å². The van der Waals surface area contributed by atoms with Gasteiger partial charge in [-0.05, 0) is 43.9 Å². The van der Waals surface area contributed by atoms with E-state index in [0.717, 1.165) is 69.0 Å². The van der Waals surface area contributed by atoms with Crippen molar-refractivity contribution >= 4 is 22.9 Å². The normalized spacial score (nSPS) is 22.4. The second kappa shape index (κ2) is 8.06. The van der Waals surface area contributed by atoms with Crippen LogP contribution in [0.3, 0.4) is 0 Å². The third-order valence-corrected chi connectivity index (χ3v) is 6.26. The lowest BCUT2D eigenvalue weighted by molar-refractivity contribution is 0.0922. The standard InChI is InChI=1S/C21H27N7O2/c1-26-19-7-2-15(12-18(19)25-21(26)27-8-10-30-11-9-27)20(29)24-16-3-5-17(6-4-16)28-14-22-13-23-28/h2,7,12-14,16-17H,3-6,8-11H2,1H3,(H,24,29). The first-order valence-corrected chi connectivity index (χ1v) is 10.6. The molecule has 2 fully saturated rings. The first-order chi connectivity index (χ1) is 14.7. The van der Waals surface area contributed by atoms with Crippen molar-refractivity contribution in [3.8, 4) is 0 Å². The lowest BCUT2D eigenvalue weighted by Crippen LogP contribution is -2.38. The number of nitrogens with zero attached hydrogens (tertiary/aromatic N) is 6. The van der Waals surface area contributed by atoms with Crippen molar-refractivity contribution in [2.24, 2.45) is 7.05 Å². The molecule has 2 aliphatic rings. The summed E-state index contributed by atoms with van der Waals surface area (Å²) in [4.78, 5) is 23.9. The van der Waals surface area contributed by atoms with E-state index in [-0.39, 0.29) is 11.9 Å². The Morgan fingerprint density at radius 1 is 1.17 bits per heavy atom. The molecule has 1 N–H and O–H groups in total. The Morgan fingerprint density at radius 2 is 1.97 bits per heavy atom. The van der Waals surface area contributed by atoms with E-state index in [4.69, 9.17) is 9.72 Å². The summed E-state index contributed by atoms with van der Waals surface area (Å²) in [6, 6.07) is 6.35. The van der Waals surface area contributed by atoms with Gasteiger partial charge in [0.15, 0.2) is 0 Å². The maximum Gasteiger partial charge on any atom is 0.251 e. The molecule has 0 spiro atoms. The number of morpholine rings is 1. The van der Waals surface area contributed by atoms with Crippen molar-refractivity contribution in [2.75, 3.05) is 31.2 Å². The lowest BCUT2D eigenvalue weighted by atomic mass is 9.91. The van der Waals surface area contributed by atoms with Crippen LogP contribution in [-0.4, -0.2) is 62.6 Å². The van der Waals surface area contributed by atoms with E-state index in [1.54, 1.807) is 12.7 Å². The van der Waals surface area contributed by atoms with Crippen LogP contribution in [0.5, 0.6) is 0 Å². The third kappa shape index (κ3) is 3.65. The van der Waals surface area contributed by atoms with Crippen LogP contribution in [0.15, 0.2) is 30.9 Å². The zero-order valence-electron chi connectivity index (χ0n) is 17.2. The van der Waals surface area contributed by atoms with Gasteiger partial charge in [0.2, 0.25) is 5.95 Å². The smallest absolute Gasteiger partial charge is 0.251 e. The number of carbonyl (C=O) groups excluding carboxylic acids is 1. The summed E-state index contributed by atoms with van der Waals surface area (Å²) < 4.78 is 9.47. The van der Waals surface area contributed by atoms with E-state index in [1.165, 1.54) is 0 Å². The molecule has 0 unspecified atom stereocenters. The van der Waals surface area contributed by atoms with E-state index in [0.29, 0.717) is 11.6 Å². The number of hydrogen-bond donors (Lipinski definition) is 1. The summed E-state index contributed by atoms with van der Waals surface area (Å²) in [7, 11) is 2.02. The third-order valence-electron chi connectivity index (χ3n) is 6.26. The van der Waals surface area contributed by atoms with Gasteiger partial charge in [-0.15, -0.1) is 0 Å². The molecule has 3 heterocycles. The number of hydrogen-bond acceptors (Lipinski definition) is 6. The Bertz CT molecular complexity index is 1020. The number of anilines is 1. The van der Waals surface area contributed by atoms with E-state index < -0.39 is 0 Å². The Kier molecular flexibility index (Phi) is 5.12. The minimum absolute atomic E-state index is 0.0281. The van der Waals surface area contributed by atoms with Gasteiger partial charge in [-0.2, -0.15) is 5.10 Å². The predicted molar refractivity (Wildman–Crippen MR) is 113 cm³/mol. The molecule has 30 heavy (non-hydrogen) atoms. The van der Waals surface area contributed by atoms with Crippen LogP contribution >= 0.6 is 0 Å². The van der Waals surface area contributed by atoms with E-state index in [2.05, 4.69) is 24.9 Å². The molecule has 158 valence electrons. The number of ether oxygens (including phenoxy) is 1. The van der Waals surface area contributed by atoms with Crippen LogP contribution in [0.25, 0.3) is 11.0 Å². The number of imidazole rings is 1. The van der Waals surface area contributed by atoms with Gasteiger partial charge in [0, 0.05) is 31.7 Å². The van der Waals surface area contributed by atoms with E-state index in [1.807, 2.05) is 29.9 Å². The maximum absolute atomic E-state index is 12.9. The fourth-order valence-corrected chi connectivity index (χ4v) is 4.53. The molecule has 1 amide bonds. The van der Waals surface area contributed by atoms with Crippen LogP contribution < -0.4 is 10.2 Å². The Hall–Kier alpha value is -2.94. The van der Waals surface area contributed by atoms with Gasteiger partial charge in [0.05, 0.1) is 30.3 Å². The number of benzene rings is 1. The molecule has 9 heteroatoms. The zero-order chi connectivity index (χ0) is 20.5. The van der Waals surface area contributed by atoms with Gasteiger partial charge >= 0.3 is 0 Å². The number of fused-ring (bicyclic) bond motifs is 1. The monoisotopic (exact) mass is 409 g/mol. The van der Waals surface area contributed by atoms with E-state index >= 15 is 0 Å². The van der Waals surface area contributed by atoms with Crippen LogP contribution in [-0.2, 0) is 11.8 Å². The Labute approximate surface area is 175 Å². The highest BCUT2D eigenvalue weighted by atomic mass is 16.5. The number of aromatic nitrogens is 5. The first kappa shape index (κ1) is 19.0. The number of carbonyl (C=O) groups is 1. The zero-order valence-corrected chi connectivity index (χ0v) is 17.2. The molecule has 0 bridgehead atoms. The second-order valence-corrected chi connectivity index (χ2v) is 8.13. The van der Waals surface area contributed by atoms with Gasteiger partial charge in [-0.1, -0.05) is 0 Å². The van der Waals surface area contributed by atoms with Crippen molar-refractivity contribution in [3.05, 3.63) is 36.4 Å². The molecule has 0 atom stereocenters. The summed E-state index contributed by atoms with van der Waals surface area (Å²) in [5.74, 6) is 0.900. The topological polar surface area (TPSA) is 90.1 Å². The first-order valence-electron chi connectivity index (χ1n) is 10.6. The van der Waals surface area contributed by atoms with Gasteiger partial charge in [-0.3, -0.25) is 4.79 Å². The highest BCUT2D eigenvalue weighted by molar-refractivity contribution is 5.97. The van der Waals surface area contributed by atoms with E-state index in [9.17, 15) is 4.79 Å². The average molecular weight is 409 g/mol. The van der Waals surface area contributed by atoms with Crippen molar-refractivity contribution in [2.45, 2.75) is 37.8 Å². The highest BCUT2D eigenvalue weighted by Gasteiger charge is 2.25. The number of nitrogens with one attached hydrogen (secondary N) is 1. The van der Waals surface area contributed by atoms with Crippen LogP contribution in [0.1, 0.15) is 42.1 Å². The number of rotatable bonds is 4. The molecule has 0 radical (unpaired) electrons. The average Bonchev–Trinajstić information content (AvgIpc) is 3.43. The fourth-order valence-electron chi connectivity index (χ4n) is 4.53. The minimum atomic E-state index is -0.0281. The Balaban J connectivity index is 1.26. The highest BCUT2D eigenvalue weighted by Crippen LogP contribution is 2.28. The summed E-state index contributed by atoms with van der Waals surface area (Å²) in [5, 5.41) is 7.45. The summed E-state index contributed by atoms with van der Waals surface area (Å²) in [6.45, 7) is 3.11. The Morgan fingerprint density at radius 3 is 2.70 bits per heavy atom. The molecule has 9 nitrogen and oxygen atoms in total. The molecule has 3 aromatic rings. The van der Waals surface area contributed by atoms with Crippen molar-refractivity contribution in [1.82, 2.24) is 29.6 Å². The number of amides is 1.